The van der Waals surface area contributed by atoms with Gasteiger partial charge in [0.25, 0.3) is 17.7 Å². The van der Waals surface area contributed by atoms with E-state index >= 15 is 0 Å². The molecule has 2 N–H and O–H groups in total. The first-order valence-corrected chi connectivity index (χ1v) is 11.6. The van der Waals surface area contributed by atoms with Gasteiger partial charge in [-0.1, -0.05) is 17.7 Å². The number of carbonyl (C=O) groups excluding carboxylic acids is 3. The third-order valence-corrected chi connectivity index (χ3v) is 6.31. The molecular formula is C23H25N5O3S. The maximum absolute atomic E-state index is 12.8. The van der Waals surface area contributed by atoms with E-state index in [0.717, 1.165) is 35.7 Å². The lowest BCUT2D eigenvalue weighted by Crippen LogP contribution is -2.54. The lowest BCUT2D eigenvalue weighted by atomic mass is 10.1. The zero-order valence-electron chi connectivity index (χ0n) is 18.1. The third kappa shape index (κ3) is 4.77. The van der Waals surface area contributed by atoms with Crippen LogP contribution in [-0.4, -0.2) is 59.6 Å². The molecule has 0 aliphatic carbocycles. The van der Waals surface area contributed by atoms with Gasteiger partial charge in [0.15, 0.2) is 0 Å². The zero-order valence-corrected chi connectivity index (χ0v) is 18.9. The van der Waals surface area contributed by atoms with E-state index in [4.69, 9.17) is 0 Å². The van der Waals surface area contributed by atoms with Crippen molar-refractivity contribution in [2.75, 3.05) is 41.5 Å². The molecular weight excluding hydrogens is 426 g/mol. The fourth-order valence-electron chi connectivity index (χ4n) is 3.51. The molecule has 2 aliphatic heterocycles. The molecule has 8 nitrogen and oxygen atoms in total. The SMILES string of the molecule is Cc1ccc(N2NC(C(=O)Nc3ccc(C(=O)N4CCSCC4)cc3C)=NCC2=O)cc1. The predicted octanol–water partition coefficient (Wildman–Crippen LogP) is 2.38. The number of amides is 3. The quantitative estimate of drug-likeness (QED) is 0.745. The molecule has 1 fully saturated rings. The number of aliphatic imine (C=N–C) groups is 1. The van der Waals surface area contributed by atoms with Crippen molar-refractivity contribution >= 4 is 46.7 Å². The predicted molar refractivity (Wildman–Crippen MR) is 127 cm³/mol. The van der Waals surface area contributed by atoms with Gasteiger partial charge in [0.2, 0.25) is 5.84 Å². The Balaban J connectivity index is 1.44. The Bertz CT molecular complexity index is 1080. The number of hydrazine groups is 1. The molecule has 1 saturated heterocycles. The largest absolute Gasteiger partial charge is 0.337 e. The highest BCUT2D eigenvalue weighted by molar-refractivity contribution is 7.99. The van der Waals surface area contributed by atoms with E-state index in [2.05, 4.69) is 15.7 Å². The Morgan fingerprint density at radius 2 is 1.78 bits per heavy atom. The van der Waals surface area contributed by atoms with E-state index < -0.39 is 5.91 Å². The van der Waals surface area contributed by atoms with E-state index in [0.29, 0.717) is 16.9 Å². The Kier molecular flexibility index (Phi) is 6.45. The maximum atomic E-state index is 12.8. The van der Waals surface area contributed by atoms with E-state index in [1.165, 1.54) is 5.01 Å². The van der Waals surface area contributed by atoms with Gasteiger partial charge in [-0.2, -0.15) is 11.8 Å². The average molecular weight is 452 g/mol. The lowest BCUT2D eigenvalue weighted by Gasteiger charge is -2.28. The second-order valence-electron chi connectivity index (χ2n) is 7.73. The van der Waals surface area contributed by atoms with Crippen LogP contribution in [0.25, 0.3) is 0 Å². The molecule has 166 valence electrons. The van der Waals surface area contributed by atoms with Gasteiger partial charge < -0.3 is 10.2 Å². The van der Waals surface area contributed by atoms with Gasteiger partial charge in [-0.25, -0.2) is 5.01 Å². The molecule has 0 aromatic heterocycles. The summed E-state index contributed by atoms with van der Waals surface area (Å²) in [6, 6.07) is 12.6. The summed E-state index contributed by atoms with van der Waals surface area (Å²) in [6.45, 7) is 5.19. The van der Waals surface area contributed by atoms with Crippen LogP contribution < -0.4 is 15.8 Å². The number of hydrogen-bond acceptors (Lipinski definition) is 6. The second kappa shape index (κ2) is 9.44. The number of carbonyl (C=O) groups is 3. The van der Waals surface area contributed by atoms with Gasteiger partial charge in [-0.15, -0.1) is 0 Å². The number of thioether (sulfide) groups is 1. The van der Waals surface area contributed by atoms with Gasteiger partial charge in [-0.05, 0) is 49.7 Å². The summed E-state index contributed by atoms with van der Waals surface area (Å²) in [4.78, 5) is 43.7. The van der Waals surface area contributed by atoms with Crippen LogP contribution in [0.2, 0.25) is 0 Å². The molecule has 4 rings (SSSR count). The Morgan fingerprint density at radius 1 is 1.06 bits per heavy atom. The minimum absolute atomic E-state index is 0.0110. The van der Waals surface area contributed by atoms with E-state index in [9.17, 15) is 14.4 Å². The van der Waals surface area contributed by atoms with Gasteiger partial charge in [0.05, 0.1) is 5.69 Å². The van der Waals surface area contributed by atoms with Crippen LogP contribution in [-0.2, 0) is 9.59 Å². The fourth-order valence-corrected chi connectivity index (χ4v) is 4.42. The van der Waals surface area contributed by atoms with Crippen molar-refractivity contribution in [3.05, 3.63) is 59.2 Å². The van der Waals surface area contributed by atoms with Crippen LogP contribution in [0.15, 0.2) is 47.5 Å². The van der Waals surface area contributed by atoms with Gasteiger partial charge in [0.1, 0.15) is 6.54 Å². The van der Waals surface area contributed by atoms with Crippen LogP contribution >= 0.6 is 11.8 Å². The van der Waals surface area contributed by atoms with Gasteiger partial charge >= 0.3 is 0 Å². The van der Waals surface area contributed by atoms with Crippen molar-refractivity contribution in [3.63, 3.8) is 0 Å². The van der Waals surface area contributed by atoms with Gasteiger partial charge in [0, 0.05) is 35.8 Å². The number of benzene rings is 2. The summed E-state index contributed by atoms with van der Waals surface area (Å²) < 4.78 is 0. The first-order valence-electron chi connectivity index (χ1n) is 10.4. The Labute approximate surface area is 191 Å². The normalized spacial score (nSPS) is 16.3. The summed E-state index contributed by atoms with van der Waals surface area (Å²) in [5.74, 6) is 1.27. The fraction of sp³-hybridized carbons (Fsp3) is 0.304. The standard InChI is InChI=1S/C23H25N5O3S/c1-15-3-6-18(7-4-15)28-20(29)14-24-21(26-28)22(30)25-19-8-5-17(13-16(19)2)23(31)27-9-11-32-12-10-27/h3-8,13H,9-12,14H2,1-2H3,(H,24,26)(H,25,30). The minimum Gasteiger partial charge on any atom is -0.337 e. The van der Waals surface area contributed by atoms with E-state index in [-0.39, 0.29) is 24.2 Å². The molecule has 0 spiro atoms. The van der Waals surface area contributed by atoms with Gasteiger partial charge in [-0.3, -0.25) is 24.8 Å². The topological polar surface area (TPSA) is 94.1 Å². The number of nitrogens with zero attached hydrogens (tertiary/aromatic N) is 3. The summed E-state index contributed by atoms with van der Waals surface area (Å²) in [6.07, 6.45) is 0. The van der Waals surface area contributed by atoms with Crippen LogP contribution in [0, 0.1) is 13.8 Å². The number of rotatable bonds is 4. The average Bonchev–Trinajstić information content (AvgIpc) is 2.81. The molecule has 0 radical (unpaired) electrons. The number of aryl methyl sites for hydroxylation is 2. The number of anilines is 2. The Hall–Kier alpha value is -3.33. The minimum atomic E-state index is -0.454. The number of amidine groups is 1. The first kappa shape index (κ1) is 21.9. The van der Waals surface area contributed by atoms with Crippen LogP contribution in [0.1, 0.15) is 21.5 Å². The maximum Gasteiger partial charge on any atom is 0.292 e. The summed E-state index contributed by atoms with van der Waals surface area (Å²) in [5.41, 5.74) is 6.49. The first-order chi connectivity index (χ1) is 15.4. The van der Waals surface area contributed by atoms with Crippen molar-refractivity contribution in [1.29, 1.82) is 0 Å². The Morgan fingerprint density at radius 3 is 2.47 bits per heavy atom. The van der Waals surface area contributed by atoms with Crippen molar-refractivity contribution in [2.45, 2.75) is 13.8 Å². The molecule has 2 heterocycles. The van der Waals surface area contributed by atoms with Crippen LogP contribution in [0.4, 0.5) is 11.4 Å². The molecule has 2 aromatic rings. The molecule has 2 aliphatic rings. The molecule has 0 saturated carbocycles. The highest BCUT2D eigenvalue weighted by Crippen LogP contribution is 2.20. The van der Waals surface area contributed by atoms with Crippen molar-refractivity contribution < 1.29 is 14.4 Å². The van der Waals surface area contributed by atoms with Crippen LogP contribution in [0.3, 0.4) is 0 Å². The lowest BCUT2D eigenvalue weighted by molar-refractivity contribution is -0.118. The van der Waals surface area contributed by atoms with Crippen molar-refractivity contribution in [2.24, 2.45) is 4.99 Å². The van der Waals surface area contributed by atoms with Crippen molar-refractivity contribution in [3.8, 4) is 0 Å². The third-order valence-electron chi connectivity index (χ3n) is 5.37. The summed E-state index contributed by atoms with van der Waals surface area (Å²) in [7, 11) is 0. The van der Waals surface area contributed by atoms with E-state index in [1.54, 1.807) is 18.2 Å². The second-order valence-corrected chi connectivity index (χ2v) is 8.95. The molecule has 3 amide bonds. The van der Waals surface area contributed by atoms with Crippen molar-refractivity contribution in [1.82, 2.24) is 10.3 Å². The molecule has 2 aromatic carbocycles. The summed E-state index contributed by atoms with van der Waals surface area (Å²) >= 11 is 1.85. The molecule has 9 heteroatoms. The highest BCUT2D eigenvalue weighted by atomic mass is 32.2. The highest BCUT2D eigenvalue weighted by Gasteiger charge is 2.26. The summed E-state index contributed by atoms with van der Waals surface area (Å²) in [5, 5.41) is 4.15. The smallest absolute Gasteiger partial charge is 0.292 e. The van der Waals surface area contributed by atoms with Crippen LogP contribution in [0.5, 0.6) is 0 Å². The number of nitrogens with one attached hydrogen (secondary N) is 2. The zero-order chi connectivity index (χ0) is 22.7. The molecule has 0 bridgehead atoms. The number of hydrogen-bond donors (Lipinski definition) is 2. The molecule has 32 heavy (non-hydrogen) atoms. The molecule has 0 atom stereocenters. The molecule has 0 unspecified atom stereocenters. The monoisotopic (exact) mass is 451 g/mol. The van der Waals surface area contributed by atoms with E-state index in [1.807, 2.05) is 54.8 Å².